The summed E-state index contributed by atoms with van der Waals surface area (Å²) >= 11 is 0. The number of benzene rings is 1. The minimum absolute atomic E-state index is 0.0790. The van der Waals surface area contributed by atoms with Crippen LogP contribution in [-0.4, -0.2) is 50.2 Å². The minimum atomic E-state index is -0.562. The molecule has 0 aliphatic heterocycles. The monoisotopic (exact) mass is 776 g/mol. The van der Waals surface area contributed by atoms with Gasteiger partial charge < -0.3 is 23.7 Å². The first kappa shape index (κ1) is 43.2. The van der Waals surface area contributed by atoms with Crippen molar-refractivity contribution in [1.82, 2.24) is 0 Å². The minimum Gasteiger partial charge on any atom is -0.465 e. The lowest BCUT2D eigenvalue weighted by Crippen LogP contribution is -2.31. The summed E-state index contributed by atoms with van der Waals surface area (Å²) in [5.74, 6) is 1.73. The van der Waals surface area contributed by atoms with Crippen molar-refractivity contribution in [2.24, 2.45) is 47.3 Å². The Morgan fingerprint density at radius 1 is 0.571 bits per heavy atom. The van der Waals surface area contributed by atoms with Crippen LogP contribution in [0.2, 0.25) is 0 Å². The van der Waals surface area contributed by atoms with Crippen LogP contribution < -0.4 is 9.47 Å². The molecule has 4 fully saturated rings. The van der Waals surface area contributed by atoms with Crippen LogP contribution in [0.1, 0.15) is 139 Å². The zero-order chi connectivity index (χ0) is 39.9. The van der Waals surface area contributed by atoms with E-state index < -0.39 is 5.97 Å². The highest BCUT2D eigenvalue weighted by Crippen LogP contribution is 2.44. The smallest absolute Gasteiger partial charge is 0.337 e. The average molecular weight is 777 g/mol. The van der Waals surface area contributed by atoms with Crippen LogP contribution in [0.25, 0.3) is 0 Å². The number of rotatable bonds is 17. The Kier molecular flexibility index (Phi) is 17.0. The quantitative estimate of drug-likeness (QED) is 0.0496. The predicted molar refractivity (Wildman–Crippen MR) is 212 cm³/mol. The van der Waals surface area contributed by atoms with Crippen LogP contribution in [-0.2, 0) is 33.4 Å². The van der Waals surface area contributed by atoms with Crippen LogP contribution in [0.4, 0.5) is 0 Å². The third-order valence-corrected chi connectivity index (χ3v) is 13.4. The van der Waals surface area contributed by atoms with Crippen molar-refractivity contribution in [3.05, 3.63) is 49.1 Å². The van der Waals surface area contributed by atoms with Gasteiger partial charge >= 0.3 is 29.8 Å². The topological polar surface area (TPSA) is 132 Å². The summed E-state index contributed by atoms with van der Waals surface area (Å²) < 4.78 is 27.0. The maximum absolute atomic E-state index is 13.5. The maximum Gasteiger partial charge on any atom is 0.337 e. The third kappa shape index (κ3) is 12.8. The van der Waals surface area contributed by atoms with Crippen LogP contribution in [0, 0.1) is 47.3 Å². The fourth-order valence-electron chi connectivity index (χ4n) is 10.1. The first-order chi connectivity index (χ1) is 27.2. The molecule has 56 heavy (non-hydrogen) atoms. The van der Waals surface area contributed by atoms with Crippen molar-refractivity contribution < 1.29 is 47.7 Å². The van der Waals surface area contributed by atoms with Crippen molar-refractivity contribution in [2.75, 3.05) is 20.3 Å². The van der Waals surface area contributed by atoms with Crippen molar-refractivity contribution in [2.45, 2.75) is 128 Å². The van der Waals surface area contributed by atoms with Gasteiger partial charge in [-0.25, -0.2) is 14.4 Å². The molecule has 0 bridgehead atoms. The Bertz CT molecular complexity index is 1480. The third-order valence-electron chi connectivity index (χ3n) is 13.4. The van der Waals surface area contributed by atoms with Gasteiger partial charge in [0.15, 0.2) is 11.5 Å². The number of carbonyl (C=O) groups is 5. The molecule has 0 amide bonds. The highest BCUT2D eigenvalue weighted by Gasteiger charge is 2.36. The van der Waals surface area contributed by atoms with Crippen molar-refractivity contribution in [1.29, 1.82) is 0 Å². The molecule has 0 heterocycles. The molecule has 0 atom stereocenters. The highest BCUT2D eigenvalue weighted by atomic mass is 16.6. The van der Waals surface area contributed by atoms with E-state index in [0.717, 1.165) is 77.0 Å². The molecule has 0 N–H and O–H groups in total. The largest absolute Gasteiger partial charge is 0.465 e. The number of esters is 5. The summed E-state index contributed by atoms with van der Waals surface area (Å²) in [4.78, 5) is 62.0. The molecule has 0 unspecified atom stereocenters. The normalized spacial score (nSPS) is 27.9. The molecule has 10 nitrogen and oxygen atoms in total. The standard InChI is InChI=1S/C46H64O10/c1-4-42(47)53-28-6-8-31-10-14-33(15-11-31)35-18-22-37(23-19-35)45(50)55-40-27-26-39(44(49)52-3)30-41(40)56-46(51)38-24-20-36(21-25-38)34-16-12-32(13-17-34)9-7-29-54-43(48)5-2/h4-5,26-27,30-38H,1-2,6-25,28-29H2,3H3/t31-,32?,33-,34?,35-,36?,37-,38?. The lowest BCUT2D eigenvalue weighted by molar-refractivity contribution is -0.143. The molecule has 308 valence electrons. The van der Waals surface area contributed by atoms with Gasteiger partial charge in [0.1, 0.15) is 0 Å². The van der Waals surface area contributed by atoms with Gasteiger partial charge in [0.2, 0.25) is 0 Å². The first-order valence-electron chi connectivity index (χ1n) is 21.4. The Labute approximate surface area is 333 Å². The van der Waals surface area contributed by atoms with E-state index in [1.54, 1.807) is 0 Å². The molecular formula is C46H64O10. The molecule has 5 rings (SSSR count). The molecule has 1 aromatic rings. The van der Waals surface area contributed by atoms with Gasteiger partial charge in [-0.2, -0.15) is 0 Å². The molecule has 4 aliphatic carbocycles. The second-order valence-corrected chi connectivity index (χ2v) is 16.8. The Morgan fingerprint density at radius 2 is 0.964 bits per heavy atom. The summed E-state index contributed by atoms with van der Waals surface area (Å²) in [6, 6.07) is 4.51. The molecule has 0 radical (unpaired) electrons. The van der Waals surface area contributed by atoms with Gasteiger partial charge in [-0.3, -0.25) is 9.59 Å². The zero-order valence-corrected chi connectivity index (χ0v) is 33.6. The van der Waals surface area contributed by atoms with Gasteiger partial charge in [-0.15, -0.1) is 0 Å². The van der Waals surface area contributed by atoms with E-state index in [-0.39, 0.29) is 52.8 Å². The molecule has 0 saturated heterocycles. The van der Waals surface area contributed by atoms with Crippen LogP contribution in [0.3, 0.4) is 0 Å². The molecule has 4 saturated carbocycles. The Morgan fingerprint density at radius 3 is 1.36 bits per heavy atom. The number of ether oxygens (including phenoxy) is 5. The Balaban J connectivity index is 1.05. The average Bonchev–Trinajstić information content (AvgIpc) is 3.24. The fourth-order valence-corrected chi connectivity index (χ4v) is 10.1. The number of methoxy groups -OCH3 is 1. The molecule has 0 spiro atoms. The van der Waals surface area contributed by atoms with Crippen LogP contribution in [0.5, 0.6) is 11.5 Å². The van der Waals surface area contributed by atoms with E-state index in [4.69, 9.17) is 23.7 Å². The summed E-state index contributed by atoms with van der Waals surface area (Å²) in [6.07, 6.45) is 23.0. The highest BCUT2D eigenvalue weighted by molar-refractivity contribution is 5.91. The second kappa shape index (κ2) is 22.1. The maximum atomic E-state index is 13.5. The van der Waals surface area contributed by atoms with Crippen molar-refractivity contribution >= 4 is 29.8 Å². The van der Waals surface area contributed by atoms with E-state index in [1.165, 1.54) is 88.8 Å². The second-order valence-electron chi connectivity index (χ2n) is 16.8. The van der Waals surface area contributed by atoms with Gasteiger partial charge in [0.25, 0.3) is 0 Å². The van der Waals surface area contributed by atoms with Crippen LogP contribution in [0.15, 0.2) is 43.5 Å². The van der Waals surface area contributed by atoms with E-state index in [1.807, 2.05) is 0 Å². The van der Waals surface area contributed by atoms with Gasteiger partial charge in [-0.1, -0.05) is 38.8 Å². The SMILES string of the molecule is C=CC(=O)OCCCC1CCC(C2CCC(C(=O)Oc3cc(C(=O)OC)ccc3OC(=O)[C@H]3CC[C@H]([C@H]4CC[C@H](CCCOC(=O)C=C)CC4)CC3)CC2)CC1. The summed E-state index contributed by atoms with van der Waals surface area (Å²) in [7, 11) is 1.30. The van der Waals surface area contributed by atoms with Gasteiger partial charge in [0, 0.05) is 12.2 Å². The zero-order valence-electron chi connectivity index (χ0n) is 33.6. The molecule has 4 aliphatic rings. The first-order valence-corrected chi connectivity index (χ1v) is 21.4. The lowest BCUT2D eigenvalue weighted by Gasteiger charge is -2.37. The summed E-state index contributed by atoms with van der Waals surface area (Å²) in [6.45, 7) is 7.78. The fraction of sp³-hybridized carbons (Fsp3) is 0.674. The summed E-state index contributed by atoms with van der Waals surface area (Å²) in [5.41, 5.74) is 0.221. The molecule has 1 aromatic carbocycles. The van der Waals surface area contributed by atoms with E-state index >= 15 is 0 Å². The number of hydrogen-bond acceptors (Lipinski definition) is 10. The molecule has 10 heteroatoms. The van der Waals surface area contributed by atoms with Crippen molar-refractivity contribution in [3.63, 3.8) is 0 Å². The lowest BCUT2D eigenvalue weighted by atomic mass is 9.68. The van der Waals surface area contributed by atoms with Crippen molar-refractivity contribution in [3.8, 4) is 11.5 Å². The van der Waals surface area contributed by atoms with Gasteiger partial charge in [0.05, 0.1) is 37.7 Å². The van der Waals surface area contributed by atoms with E-state index in [0.29, 0.717) is 48.7 Å². The number of hydrogen-bond donors (Lipinski definition) is 0. The van der Waals surface area contributed by atoms with E-state index in [2.05, 4.69) is 13.2 Å². The molecule has 0 aromatic heterocycles. The Hall–Kier alpha value is -3.95. The summed E-state index contributed by atoms with van der Waals surface area (Å²) in [5, 5.41) is 0. The van der Waals surface area contributed by atoms with E-state index in [9.17, 15) is 24.0 Å². The molecular weight excluding hydrogens is 712 g/mol. The predicted octanol–water partition coefficient (Wildman–Crippen LogP) is 9.53. The van der Waals surface area contributed by atoms with Crippen LogP contribution >= 0.6 is 0 Å². The number of carbonyl (C=O) groups excluding carboxylic acids is 5. The van der Waals surface area contributed by atoms with Gasteiger partial charge in [-0.05, 0) is 156 Å².